The minimum Gasteiger partial charge on any atom is -0.370 e. The largest absolute Gasteiger partial charge is 0.370 e. The molecule has 100 valence electrons. The van der Waals surface area contributed by atoms with Gasteiger partial charge in [-0.3, -0.25) is 4.99 Å². The van der Waals surface area contributed by atoms with Crippen molar-refractivity contribution in [2.24, 2.45) is 10.7 Å². The van der Waals surface area contributed by atoms with Crippen LogP contribution in [0.15, 0.2) is 40.3 Å². The molecule has 1 aliphatic heterocycles. The monoisotopic (exact) mass is 319 g/mol. The number of nitrogens with zero attached hydrogens (tertiary/aromatic N) is 2. The predicted molar refractivity (Wildman–Crippen MR) is 82.3 cm³/mol. The van der Waals surface area contributed by atoms with Crippen molar-refractivity contribution in [3.05, 3.63) is 46.5 Å². The molecule has 19 heavy (non-hydrogen) atoms. The fourth-order valence-electron chi connectivity index (χ4n) is 3.23. The zero-order valence-electron chi connectivity index (χ0n) is 10.9. The Kier molecular flexibility index (Phi) is 3.13. The molecule has 0 aromatic heterocycles. The Hall–Kier alpha value is -1.29. The first-order valence-corrected chi connectivity index (χ1v) is 7.40. The van der Waals surface area contributed by atoms with Gasteiger partial charge in [-0.1, -0.05) is 28.1 Å². The average Bonchev–Trinajstić information content (AvgIpc) is 2.69. The highest BCUT2D eigenvalue weighted by molar-refractivity contribution is 9.10. The highest BCUT2D eigenvalue weighted by atomic mass is 79.9. The van der Waals surface area contributed by atoms with Crippen molar-refractivity contribution >= 4 is 21.9 Å². The fourth-order valence-corrected chi connectivity index (χ4v) is 3.64. The van der Waals surface area contributed by atoms with Gasteiger partial charge in [-0.2, -0.15) is 0 Å². The topological polar surface area (TPSA) is 41.6 Å². The van der Waals surface area contributed by atoms with E-state index in [1.807, 2.05) is 6.08 Å². The number of benzene rings is 1. The second-order valence-electron chi connectivity index (χ2n) is 5.39. The summed E-state index contributed by atoms with van der Waals surface area (Å²) in [4.78, 5) is 6.69. The first-order valence-electron chi connectivity index (χ1n) is 6.60. The zero-order valence-corrected chi connectivity index (χ0v) is 12.5. The Morgan fingerprint density at radius 3 is 3.11 bits per heavy atom. The lowest BCUT2D eigenvalue weighted by molar-refractivity contribution is 0.191. The number of guanidine groups is 1. The lowest BCUT2D eigenvalue weighted by atomic mass is 9.77. The van der Waals surface area contributed by atoms with Crippen LogP contribution in [0.3, 0.4) is 0 Å². The summed E-state index contributed by atoms with van der Waals surface area (Å²) in [6.45, 7) is 5.42. The Labute approximate surface area is 122 Å². The standard InChI is InChI=1S/C15H18BrN3/c1-2-7-19-14(17)18-10-15(19)6-5-11-8-13(16)4-3-12(11)9-15/h2-4,8H,1,5-7,9-10H2,(H2,17,18). The van der Waals surface area contributed by atoms with Crippen LogP contribution in [0, 0.1) is 0 Å². The van der Waals surface area contributed by atoms with Crippen molar-refractivity contribution in [1.82, 2.24) is 4.90 Å². The maximum absolute atomic E-state index is 6.04. The lowest BCUT2D eigenvalue weighted by Crippen LogP contribution is -2.54. The van der Waals surface area contributed by atoms with E-state index in [2.05, 4.69) is 50.6 Å². The van der Waals surface area contributed by atoms with E-state index >= 15 is 0 Å². The van der Waals surface area contributed by atoms with Crippen molar-refractivity contribution in [3.63, 3.8) is 0 Å². The van der Waals surface area contributed by atoms with Gasteiger partial charge in [0.05, 0.1) is 12.1 Å². The molecule has 1 unspecified atom stereocenters. The molecular weight excluding hydrogens is 302 g/mol. The van der Waals surface area contributed by atoms with Gasteiger partial charge in [0.1, 0.15) is 0 Å². The number of hydrogen-bond donors (Lipinski definition) is 1. The summed E-state index contributed by atoms with van der Waals surface area (Å²) in [6, 6.07) is 6.58. The van der Waals surface area contributed by atoms with E-state index in [1.54, 1.807) is 0 Å². The fraction of sp³-hybridized carbons (Fsp3) is 0.400. The second-order valence-corrected chi connectivity index (χ2v) is 6.30. The van der Waals surface area contributed by atoms with Gasteiger partial charge in [0.2, 0.25) is 0 Å². The Bertz CT molecular complexity index is 552. The van der Waals surface area contributed by atoms with E-state index in [1.165, 1.54) is 11.1 Å². The predicted octanol–water partition coefficient (Wildman–Crippen LogP) is 2.49. The number of hydrogen-bond acceptors (Lipinski definition) is 3. The van der Waals surface area contributed by atoms with Gasteiger partial charge in [0.15, 0.2) is 5.96 Å². The molecule has 0 radical (unpaired) electrons. The Morgan fingerprint density at radius 1 is 1.47 bits per heavy atom. The first-order chi connectivity index (χ1) is 9.14. The molecule has 0 bridgehead atoms. The summed E-state index contributed by atoms with van der Waals surface area (Å²) in [7, 11) is 0. The van der Waals surface area contributed by atoms with Crippen molar-refractivity contribution in [2.75, 3.05) is 13.1 Å². The number of rotatable bonds is 2. The molecule has 2 aliphatic rings. The highest BCUT2D eigenvalue weighted by Gasteiger charge is 2.43. The van der Waals surface area contributed by atoms with Crippen LogP contribution in [-0.4, -0.2) is 29.5 Å². The molecule has 1 aromatic carbocycles. The molecule has 1 spiro atoms. The van der Waals surface area contributed by atoms with E-state index in [0.29, 0.717) is 5.96 Å². The highest BCUT2D eigenvalue weighted by Crippen LogP contribution is 2.37. The first kappa shape index (κ1) is 12.7. The van der Waals surface area contributed by atoms with E-state index in [0.717, 1.165) is 36.8 Å². The Balaban J connectivity index is 1.92. The molecule has 3 rings (SSSR count). The van der Waals surface area contributed by atoms with Gasteiger partial charge >= 0.3 is 0 Å². The molecule has 0 saturated heterocycles. The van der Waals surface area contributed by atoms with Crippen molar-refractivity contribution in [1.29, 1.82) is 0 Å². The molecular formula is C15H18BrN3. The number of halogens is 1. The molecule has 1 aromatic rings. The number of fused-ring (bicyclic) bond motifs is 1. The van der Waals surface area contributed by atoms with E-state index in [4.69, 9.17) is 5.73 Å². The number of nitrogens with two attached hydrogens (primary N) is 1. The smallest absolute Gasteiger partial charge is 0.192 e. The summed E-state index contributed by atoms with van der Waals surface area (Å²) >= 11 is 3.55. The molecule has 0 saturated carbocycles. The minimum absolute atomic E-state index is 0.0686. The van der Waals surface area contributed by atoms with Gasteiger partial charge < -0.3 is 10.6 Å². The SMILES string of the molecule is C=CCN1C(N)=NCC12CCc1cc(Br)ccc1C2. The van der Waals surface area contributed by atoms with Gasteiger partial charge in [0.25, 0.3) is 0 Å². The van der Waals surface area contributed by atoms with Crippen LogP contribution in [0.5, 0.6) is 0 Å². The maximum atomic E-state index is 6.04. The van der Waals surface area contributed by atoms with E-state index < -0.39 is 0 Å². The van der Waals surface area contributed by atoms with Gasteiger partial charge in [-0.05, 0) is 42.5 Å². The third kappa shape index (κ3) is 2.08. The van der Waals surface area contributed by atoms with Crippen molar-refractivity contribution in [2.45, 2.75) is 24.8 Å². The average molecular weight is 320 g/mol. The van der Waals surface area contributed by atoms with Crippen LogP contribution in [-0.2, 0) is 12.8 Å². The van der Waals surface area contributed by atoms with E-state index in [-0.39, 0.29) is 5.54 Å². The summed E-state index contributed by atoms with van der Waals surface area (Å²) in [5.74, 6) is 0.667. The summed E-state index contributed by atoms with van der Waals surface area (Å²) in [5, 5.41) is 0. The van der Waals surface area contributed by atoms with Crippen LogP contribution < -0.4 is 5.73 Å². The second kappa shape index (κ2) is 4.67. The lowest BCUT2D eigenvalue weighted by Gasteiger charge is -2.42. The molecule has 1 atom stereocenters. The van der Waals surface area contributed by atoms with Crippen molar-refractivity contribution in [3.8, 4) is 0 Å². The maximum Gasteiger partial charge on any atom is 0.192 e. The van der Waals surface area contributed by atoms with Crippen LogP contribution >= 0.6 is 15.9 Å². The number of aryl methyl sites for hydroxylation is 1. The third-order valence-electron chi connectivity index (χ3n) is 4.24. The van der Waals surface area contributed by atoms with Crippen LogP contribution in [0.25, 0.3) is 0 Å². The minimum atomic E-state index is 0.0686. The summed E-state index contributed by atoms with van der Waals surface area (Å²) in [5.41, 5.74) is 8.98. The van der Waals surface area contributed by atoms with Gasteiger partial charge in [-0.25, -0.2) is 0 Å². The molecule has 1 aliphatic carbocycles. The summed E-state index contributed by atoms with van der Waals surface area (Å²) < 4.78 is 1.16. The normalized spacial score (nSPS) is 25.3. The van der Waals surface area contributed by atoms with Crippen LogP contribution in [0.1, 0.15) is 17.5 Å². The molecule has 1 heterocycles. The molecule has 2 N–H and O–H groups in total. The zero-order chi connectivity index (χ0) is 13.5. The molecule has 3 nitrogen and oxygen atoms in total. The molecule has 0 amide bonds. The van der Waals surface area contributed by atoms with Crippen molar-refractivity contribution < 1.29 is 0 Å². The quantitative estimate of drug-likeness (QED) is 0.851. The van der Waals surface area contributed by atoms with Gasteiger partial charge in [0, 0.05) is 11.0 Å². The number of aliphatic imine (C=N–C) groups is 1. The van der Waals surface area contributed by atoms with Crippen LogP contribution in [0.4, 0.5) is 0 Å². The summed E-state index contributed by atoms with van der Waals surface area (Å²) in [6.07, 6.45) is 5.12. The molecule has 4 heteroatoms. The molecule has 0 fully saturated rings. The van der Waals surface area contributed by atoms with E-state index in [9.17, 15) is 0 Å². The van der Waals surface area contributed by atoms with Gasteiger partial charge in [-0.15, -0.1) is 6.58 Å². The third-order valence-corrected chi connectivity index (χ3v) is 4.74. The van der Waals surface area contributed by atoms with Crippen LogP contribution in [0.2, 0.25) is 0 Å². The Morgan fingerprint density at radius 2 is 2.32 bits per heavy atom.